The highest BCUT2D eigenvalue weighted by atomic mass is 28.4. The van der Waals surface area contributed by atoms with Crippen LogP contribution in [-0.4, -0.2) is 53.3 Å². The fourth-order valence-corrected chi connectivity index (χ4v) is 4.57. The van der Waals surface area contributed by atoms with E-state index in [2.05, 4.69) is 54.7 Å². The molecule has 3 atom stereocenters. The lowest BCUT2D eigenvalue weighted by atomic mass is 9.99. The van der Waals surface area contributed by atoms with Gasteiger partial charge < -0.3 is 19.6 Å². The second-order valence-electron chi connectivity index (χ2n) is 8.84. The summed E-state index contributed by atoms with van der Waals surface area (Å²) in [5, 5.41) is -0.00892. The molecular weight excluding hydrogens is 393 g/mol. The van der Waals surface area contributed by atoms with E-state index >= 15 is 0 Å². The number of nitrogens with two attached hydrogens (primary N) is 1. The summed E-state index contributed by atoms with van der Waals surface area (Å²) in [6.45, 7) is 11.0. The molecule has 0 saturated carbocycles. The Kier molecular flexibility index (Phi) is 5.46. The number of terminal acetylenes is 1. The van der Waals surface area contributed by atoms with Gasteiger partial charge in [-0.05, 0) is 18.1 Å². The molecule has 158 valence electrons. The van der Waals surface area contributed by atoms with Gasteiger partial charge in [-0.1, -0.05) is 26.7 Å². The highest BCUT2D eigenvalue weighted by Gasteiger charge is 2.53. The quantitative estimate of drug-likeness (QED) is 0.450. The average Bonchev–Trinajstić information content (AvgIpc) is 3.16. The molecule has 1 fully saturated rings. The first kappa shape index (κ1) is 21.6. The molecule has 29 heavy (non-hydrogen) atoms. The van der Waals surface area contributed by atoms with Crippen molar-refractivity contribution < 1.29 is 18.3 Å². The number of aromatic nitrogens is 4. The van der Waals surface area contributed by atoms with Gasteiger partial charge in [-0.2, -0.15) is 14.4 Å². The van der Waals surface area contributed by atoms with Crippen LogP contribution in [0.3, 0.4) is 0 Å². The lowest BCUT2D eigenvalue weighted by molar-refractivity contribution is -0.0945. The van der Waals surface area contributed by atoms with E-state index in [4.69, 9.17) is 26.1 Å². The normalized spacial score (nSPS) is 25.4. The number of fused-ring (bicyclic) bond motifs is 1. The van der Waals surface area contributed by atoms with Gasteiger partial charge in [-0.25, -0.2) is 4.98 Å². The molecule has 1 saturated heterocycles. The summed E-state index contributed by atoms with van der Waals surface area (Å²) in [6.07, 6.45) is 5.95. The molecule has 0 spiro atoms. The van der Waals surface area contributed by atoms with Crippen molar-refractivity contribution >= 4 is 25.3 Å². The van der Waals surface area contributed by atoms with Gasteiger partial charge in [0.1, 0.15) is 6.23 Å². The minimum atomic E-state index is -2.15. The summed E-state index contributed by atoms with van der Waals surface area (Å²) in [7, 11) is -0.587. The first-order valence-electron chi connectivity index (χ1n) is 9.42. The third kappa shape index (κ3) is 3.75. The zero-order chi connectivity index (χ0) is 21.6. The SMILES string of the molecule is C#C[C@]1(COC)O[C@@H](n2cnc3c(N)nc(F)nc32)CC1O[Si](C)(C)C(C)(C)C. The van der Waals surface area contributed by atoms with E-state index in [9.17, 15) is 4.39 Å². The molecule has 0 radical (unpaired) electrons. The number of methoxy groups -OCH3 is 1. The number of rotatable bonds is 5. The maximum Gasteiger partial charge on any atom is 0.312 e. The Morgan fingerprint density at radius 1 is 1.45 bits per heavy atom. The predicted octanol–water partition coefficient (Wildman–Crippen LogP) is 2.88. The van der Waals surface area contributed by atoms with E-state index in [1.165, 1.54) is 6.33 Å². The van der Waals surface area contributed by atoms with Crippen LogP contribution >= 0.6 is 0 Å². The predicted molar refractivity (Wildman–Crippen MR) is 110 cm³/mol. The first-order valence-corrected chi connectivity index (χ1v) is 12.3. The van der Waals surface area contributed by atoms with Gasteiger partial charge in [-0.3, -0.25) is 4.57 Å². The van der Waals surface area contributed by atoms with Crippen LogP contribution < -0.4 is 5.73 Å². The molecule has 2 aromatic rings. The molecule has 2 N–H and O–H groups in total. The van der Waals surface area contributed by atoms with Crippen LogP contribution in [0.25, 0.3) is 11.2 Å². The zero-order valence-electron chi connectivity index (χ0n) is 17.7. The summed E-state index contributed by atoms with van der Waals surface area (Å²) >= 11 is 0. The van der Waals surface area contributed by atoms with Crippen LogP contribution in [0.4, 0.5) is 10.2 Å². The standard InChI is InChI=1S/C19H28FN5O3Si/c1-8-19(10-26-5)12(28-29(6,7)18(2,3)4)9-13(27-19)25-11-22-14-15(21)23-17(20)24-16(14)25/h1,11-13H,9-10H2,2-7H3,(H2,21,23,24)/t12?,13-,19-/m1/s1. The molecule has 3 heterocycles. The number of anilines is 1. The summed E-state index contributed by atoms with van der Waals surface area (Å²) in [5.74, 6) is 2.72. The number of halogens is 1. The lowest BCUT2D eigenvalue weighted by Crippen LogP contribution is -2.51. The molecule has 0 bridgehead atoms. The topological polar surface area (TPSA) is 97.3 Å². The third-order valence-corrected chi connectivity index (χ3v) is 10.3. The molecule has 0 aliphatic carbocycles. The fraction of sp³-hybridized carbons (Fsp3) is 0.632. The molecule has 1 unspecified atom stereocenters. The number of ether oxygens (including phenoxy) is 2. The van der Waals surface area contributed by atoms with Crippen molar-refractivity contribution in [2.45, 2.75) is 63.3 Å². The van der Waals surface area contributed by atoms with Gasteiger partial charge in [0.15, 0.2) is 30.9 Å². The van der Waals surface area contributed by atoms with Gasteiger partial charge in [0.25, 0.3) is 0 Å². The summed E-state index contributed by atoms with van der Waals surface area (Å²) < 4.78 is 33.7. The van der Waals surface area contributed by atoms with Gasteiger partial charge in [0, 0.05) is 13.5 Å². The zero-order valence-corrected chi connectivity index (χ0v) is 18.7. The highest BCUT2D eigenvalue weighted by Crippen LogP contribution is 2.45. The highest BCUT2D eigenvalue weighted by molar-refractivity contribution is 6.74. The van der Waals surface area contributed by atoms with Crippen molar-refractivity contribution in [1.29, 1.82) is 0 Å². The van der Waals surface area contributed by atoms with Crippen molar-refractivity contribution in [3.8, 4) is 12.3 Å². The second kappa shape index (κ2) is 7.32. The molecule has 1 aliphatic rings. The van der Waals surface area contributed by atoms with Gasteiger partial charge >= 0.3 is 6.08 Å². The van der Waals surface area contributed by atoms with Crippen LogP contribution in [0.1, 0.15) is 33.4 Å². The molecule has 0 amide bonds. The minimum Gasteiger partial charge on any atom is -0.410 e. The van der Waals surface area contributed by atoms with Crippen LogP contribution in [0.5, 0.6) is 0 Å². The molecule has 8 nitrogen and oxygen atoms in total. The van der Waals surface area contributed by atoms with Gasteiger partial charge in [-0.15, -0.1) is 6.42 Å². The molecule has 3 rings (SSSR count). The van der Waals surface area contributed by atoms with Gasteiger partial charge in [0.2, 0.25) is 0 Å². The Hall–Kier alpha value is -2.06. The second-order valence-corrected chi connectivity index (χ2v) is 13.6. The van der Waals surface area contributed by atoms with Crippen LogP contribution in [-0.2, 0) is 13.9 Å². The molecule has 10 heteroatoms. The number of hydrogen-bond acceptors (Lipinski definition) is 7. The number of nitrogen functional groups attached to an aromatic ring is 1. The van der Waals surface area contributed by atoms with E-state index < -0.39 is 32.3 Å². The fourth-order valence-electron chi connectivity index (χ4n) is 3.22. The molecule has 1 aliphatic heterocycles. The number of nitrogens with zero attached hydrogens (tertiary/aromatic N) is 4. The van der Waals surface area contributed by atoms with Crippen molar-refractivity contribution in [3.63, 3.8) is 0 Å². The molecular formula is C19H28FN5O3Si. The van der Waals surface area contributed by atoms with Crippen LogP contribution in [0, 0.1) is 18.4 Å². The molecule has 2 aromatic heterocycles. The monoisotopic (exact) mass is 421 g/mol. The van der Waals surface area contributed by atoms with E-state index in [0.717, 1.165) is 0 Å². The van der Waals surface area contributed by atoms with E-state index in [1.54, 1.807) is 11.7 Å². The average molecular weight is 422 g/mol. The summed E-state index contributed by atoms with van der Waals surface area (Å²) in [6, 6.07) is 0. The third-order valence-electron chi connectivity index (χ3n) is 5.86. The molecule has 0 aromatic carbocycles. The maximum atomic E-state index is 13.8. The van der Waals surface area contributed by atoms with E-state index in [-0.39, 0.29) is 23.1 Å². The number of hydrogen-bond donors (Lipinski definition) is 1. The Morgan fingerprint density at radius 2 is 2.14 bits per heavy atom. The van der Waals surface area contributed by atoms with E-state index in [1.807, 2.05) is 0 Å². The lowest BCUT2D eigenvalue weighted by Gasteiger charge is -2.41. The largest absolute Gasteiger partial charge is 0.410 e. The summed E-state index contributed by atoms with van der Waals surface area (Å²) in [4.78, 5) is 11.6. The Bertz CT molecular complexity index is 952. The van der Waals surface area contributed by atoms with Crippen molar-refractivity contribution in [2.24, 2.45) is 0 Å². The van der Waals surface area contributed by atoms with Crippen molar-refractivity contribution in [3.05, 3.63) is 12.4 Å². The van der Waals surface area contributed by atoms with Crippen molar-refractivity contribution in [2.75, 3.05) is 19.5 Å². The Morgan fingerprint density at radius 3 is 2.72 bits per heavy atom. The first-order chi connectivity index (χ1) is 13.4. The Balaban J connectivity index is 2.01. The maximum absolute atomic E-state index is 13.8. The smallest absolute Gasteiger partial charge is 0.312 e. The van der Waals surface area contributed by atoms with E-state index in [0.29, 0.717) is 11.9 Å². The van der Waals surface area contributed by atoms with Gasteiger partial charge in [0.05, 0.1) is 19.0 Å². The Labute approximate surface area is 171 Å². The minimum absolute atomic E-state index is 0.00892. The van der Waals surface area contributed by atoms with Crippen LogP contribution in [0.2, 0.25) is 18.1 Å². The number of imidazole rings is 1. The summed E-state index contributed by atoms with van der Waals surface area (Å²) in [5.41, 5.74) is 5.25. The van der Waals surface area contributed by atoms with Crippen LogP contribution in [0.15, 0.2) is 6.33 Å². The van der Waals surface area contributed by atoms with Crippen molar-refractivity contribution in [1.82, 2.24) is 19.5 Å².